The standard InChI is InChI=1S/C18H17ClN2O5S/c1-21(2)27(24,25)17-9-13(4-5-15(17)19)20-18(23)11-3-6-16-12(7-11)8-14(22)10-26-16/h3-7,9H,8,10H2,1-2H3,(H,20,23). The number of ether oxygens (including phenoxy) is 1. The van der Waals surface area contributed by atoms with Gasteiger partial charge in [0.15, 0.2) is 5.78 Å². The van der Waals surface area contributed by atoms with E-state index in [2.05, 4.69) is 5.32 Å². The summed E-state index contributed by atoms with van der Waals surface area (Å²) in [7, 11) is -0.960. The lowest BCUT2D eigenvalue weighted by Crippen LogP contribution is -2.23. The number of fused-ring (bicyclic) bond motifs is 1. The van der Waals surface area contributed by atoms with Crippen LogP contribution in [0.1, 0.15) is 15.9 Å². The number of carbonyl (C=O) groups excluding carboxylic acids is 2. The van der Waals surface area contributed by atoms with Crippen molar-refractivity contribution in [3.8, 4) is 5.75 Å². The maximum Gasteiger partial charge on any atom is 0.255 e. The number of amides is 1. The first kappa shape index (κ1) is 19.3. The summed E-state index contributed by atoms with van der Waals surface area (Å²) < 4.78 is 31.0. The number of rotatable bonds is 4. The minimum atomic E-state index is -3.75. The molecular weight excluding hydrogens is 392 g/mol. The highest BCUT2D eigenvalue weighted by atomic mass is 35.5. The molecule has 0 bridgehead atoms. The zero-order valence-corrected chi connectivity index (χ0v) is 16.2. The van der Waals surface area contributed by atoms with E-state index in [1.54, 1.807) is 18.2 Å². The molecule has 1 aliphatic heterocycles. The van der Waals surface area contributed by atoms with E-state index in [1.807, 2.05) is 0 Å². The molecule has 0 fully saturated rings. The topological polar surface area (TPSA) is 92.8 Å². The second kappa shape index (κ2) is 7.30. The number of halogens is 1. The van der Waals surface area contributed by atoms with Gasteiger partial charge in [-0.3, -0.25) is 9.59 Å². The Morgan fingerprint density at radius 1 is 1.19 bits per heavy atom. The van der Waals surface area contributed by atoms with E-state index in [-0.39, 0.29) is 34.4 Å². The van der Waals surface area contributed by atoms with Gasteiger partial charge in [0.25, 0.3) is 5.91 Å². The Labute approximate surface area is 161 Å². The molecule has 3 rings (SSSR count). The minimum Gasteiger partial charge on any atom is -0.486 e. The van der Waals surface area contributed by atoms with Crippen LogP contribution in [0.15, 0.2) is 41.3 Å². The number of benzene rings is 2. The van der Waals surface area contributed by atoms with E-state index in [9.17, 15) is 18.0 Å². The molecule has 0 spiro atoms. The van der Waals surface area contributed by atoms with E-state index in [1.165, 1.54) is 32.3 Å². The fourth-order valence-electron chi connectivity index (χ4n) is 2.60. The average Bonchev–Trinajstić information content (AvgIpc) is 2.62. The Morgan fingerprint density at radius 3 is 2.63 bits per heavy atom. The summed E-state index contributed by atoms with van der Waals surface area (Å²) in [6.07, 6.45) is 0.211. The molecule has 0 aromatic heterocycles. The molecule has 1 N–H and O–H groups in total. The van der Waals surface area contributed by atoms with Gasteiger partial charge in [0, 0.05) is 37.3 Å². The quantitative estimate of drug-likeness (QED) is 0.838. The zero-order valence-electron chi connectivity index (χ0n) is 14.7. The molecule has 0 aliphatic carbocycles. The van der Waals surface area contributed by atoms with Crippen molar-refractivity contribution in [2.75, 3.05) is 26.0 Å². The van der Waals surface area contributed by atoms with Gasteiger partial charge in [0.1, 0.15) is 17.3 Å². The molecule has 0 saturated carbocycles. The predicted octanol–water partition coefficient (Wildman–Crippen LogP) is 2.35. The Bertz CT molecular complexity index is 1030. The van der Waals surface area contributed by atoms with Crippen molar-refractivity contribution < 1.29 is 22.7 Å². The molecular formula is C18H17ClN2O5S. The number of anilines is 1. The molecule has 2 aromatic carbocycles. The Kier molecular flexibility index (Phi) is 5.23. The highest BCUT2D eigenvalue weighted by Crippen LogP contribution is 2.28. The summed E-state index contributed by atoms with van der Waals surface area (Å²) in [5.41, 5.74) is 1.26. The second-order valence-corrected chi connectivity index (χ2v) is 8.74. The summed E-state index contributed by atoms with van der Waals surface area (Å²) in [6.45, 7) is 0.0342. The Balaban J connectivity index is 1.87. The normalized spacial score (nSPS) is 13.9. The third-order valence-corrected chi connectivity index (χ3v) is 6.34. The number of sulfonamides is 1. The first-order valence-electron chi connectivity index (χ1n) is 7.99. The third-order valence-electron chi connectivity index (χ3n) is 4.05. The number of hydrogen-bond donors (Lipinski definition) is 1. The molecule has 7 nitrogen and oxygen atoms in total. The first-order valence-corrected chi connectivity index (χ1v) is 9.81. The van der Waals surface area contributed by atoms with Gasteiger partial charge in [0.2, 0.25) is 10.0 Å². The molecule has 1 heterocycles. The molecule has 0 unspecified atom stereocenters. The van der Waals surface area contributed by atoms with Crippen molar-refractivity contribution in [3.05, 3.63) is 52.5 Å². The third kappa shape index (κ3) is 3.97. The summed E-state index contributed by atoms with van der Waals surface area (Å²) in [5.74, 6) is 0.0830. The predicted molar refractivity (Wildman–Crippen MR) is 101 cm³/mol. The maximum atomic E-state index is 12.5. The van der Waals surface area contributed by atoms with Crippen molar-refractivity contribution in [3.63, 3.8) is 0 Å². The molecule has 142 valence electrons. The molecule has 0 atom stereocenters. The van der Waals surface area contributed by atoms with Crippen LogP contribution in [0.25, 0.3) is 0 Å². The average molecular weight is 409 g/mol. The van der Waals surface area contributed by atoms with E-state index >= 15 is 0 Å². The summed E-state index contributed by atoms with van der Waals surface area (Å²) in [5, 5.41) is 2.71. The second-order valence-electron chi connectivity index (χ2n) is 6.21. The van der Waals surface area contributed by atoms with Crippen LogP contribution in [-0.2, 0) is 21.2 Å². The van der Waals surface area contributed by atoms with Crippen LogP contribution in [0.3, 0.4) is 0 Å². The number of Topliss-reactive ketones (excluding diaryl/α,β-unsaturated/α-hetero) is 1. The number of nitrogens with zero attached hydrogens (tertiary/aromatic N) is 1. The van der Waals surface area contributed by atoms with Crippen molar-refractivity contribution in [2.45, 2.75) is 11.3 Å². The first-order chi connectivity index (χ1) is 12.7. The largest absolute Gasteiger partial charge is 0.486 e. The number of hydrogen-bond acceptors (Lipinski definition) is 5. The van der Waals surface area contributed by atoms with Crippen molar-refractivity contribution in [1.82, 2.24) is 4.31 Å². The number of carbonyl (C=O) groups is 2. The van der Waals surface area contributed by atoms with E-state index < -0.39 is 15.9 Å². The molecule has 9 heteroatoms. The van der Waals surface area contributed by atoms with Gasteiger partial charge in [0.05, 0.1) is 5.02 Å². The van der Waals surface area contributed by atoms with Gasteiger partial charge in [-0.2, -0.15) is 0 Å². The van der Waals surface area contributed by atoms with Gasteiger partial charge in [-0.25, -0.2) is 12.7 Å². The van der Waals surface area contributed by atoms with Crippen molar-refractivity contribution >= 4 is 39.0 Å². The molecule has 27 heavy (non-hydrogen) atoms. The Morgan fingerprint density at radius 2 is 1.93 bits per heavy atom. The monoisotopic (exact) mass is 408 g/mol. The highest BCUT2D eigenvalue weighted by molar-refractivity contribution is 7.89. The molecule has 0 radical (unpaired) electrons. The summed E-state index contributed by atoms with van der Waals surface area (Å²) in [6, 6.07) is 9.04. The summed E-state index contributed by atoms with van der Waals surface area (Å²) in [4.78, 5) is 23.9. The minimum absolute atomic E-state index is 0.0342. The van der Waals surface area contributed by atoms with Gasteiger partial charge in [-0.1, -0.05) is 11.6 Å². The molecule has 1 aliphatic rings. The smallest absolute Gasteiger partial charge is 0.255 e. The summed E-state index contributed by atoms with van der Waals surface area (Å²) >= 11 is 6.01. The molecule has 0 saturated heterocycles. The number of nitrogens with one attached hydrogen (secondary N) is 1. The van der Waals surface area contributed by atoms with E-state index in [0.717, 1.165) is 4.31 Å². The van der Waals surface area contributed by atoms with Crippen molar-refractivity contribution in [2.24, 2.45) is 0 Å². The van der Waals surface area contributed by atoms with Crippen LogP contribution in [-0.4, -0.2) is 45.1 Å². The zero-order chi connectivity index (χ0) is 19.8. The van der Waals surface area contributed by atoms with E-state index in [4.69, 9.17) is 16.3 Å². The Hall–Kier alpha value is -2.42. The van der Waals surface area contributed by atoms with Crippen LogP contribution < -0.4 is 10.1 Å². The highest BCUT2D eigenvalue weighted by Gasteiger charge is 2.22. The lowest BCUT2D eigenvalue weighted by atomic mass is 10.0. The molecule has 2 aromatic rings. The van der Waals surface area contributed by atoms with Gasteiger partial charge in [-0.15, -0.1) is 0 Å². The van der Waals surface area contributed by atoms with Gasteiger partial charge < -0.3 is 10.1 Å². The van der Waals surface area contributed by atoms with Crippen LogP contribution in [0.4, 0.5) is 5.69 Å². The van der Waals surface area contributed by atoms with Gasteiger partial charge in [-0.05, 0) is 36.4 Å². The van der Waals surface area contributed by atoms with Crippen LogP contribution in [0.5, 0.6) is 5.75 Å². The lowest BCUT2D eigenvalue weighted by molar-refractivity contribution is -0.121. The maximum absolute atomic E-state index is 12.5. The number of ketones is 1. The molecule has 1 amide bonds. The van der Waals surface area contributed by atoms with E-state index in [0.29, 0.717) is 16.9 Å². The van der Waals surface area contributed by atoms with Crippen LogP contribution >= 0.6 is 11.6 Å². The fraction of sp³-hybridized carbons (Fsp3) is 0.222. The van der Waals surface area contributed by atoms with Crippen LogP contribution in [0.2, 0.25) is 5.02 Å². The fourth-order valence-corrected chi connectivity index (χ4v) is 3.99. The van der Waals surface area contributed by atoms with Crippen LogP contribution in [0, 0.1) is 0 Å². The lowest BCUT2D eigenvalue weighted by Gasteiger charge is -2.17. The van der Waals surface area contributed by atoms with Crippen molar-refractivity contribution in [1.29, 1.82) is 0 Å². The van der Waals surface area contributed by atoms with Gasteiger partial charge >= 0.3 is 0 Å². The SMILES string of the molecule is CN(C)S(=O)(=O)c1cc(NC(=O)c2ccc3c(c2)CC(=O)CO3)ccc1Cl.